The number of anilines is 1. The second kappa shape index (κ2) is 3.33. The molecule has 4 heteroatoms. The Hall–Kier alpha value is -1.84. The Kier molecular flexibility index (Phi) is 1.96. The molecular formula is C12H14N4. The normalized spacial score (nSPS) is 15.3. The molecule has 82 valence electrons. The molecule has 1 aliphatic carbocycles. The van der Waals surface area contributed by atoms with Gasteiger partial charge in [-0.1, -0.05) is 0 Å². The number of aryl methyl sites for hydroxylation is 1. The summed E-state index contributed by atoms with van der Waals surface area (Å²) in [5, 5.41) is 8.18. The van der Waals surface area contributed by atoms with Crippen LogP contribution < -0.4 is 5.73 Å². The molecule has 16 heavy (non-hydrogen) atoms. The number of hydrogen-bond donors (Lipinski definition) is 1. The molecule has 0 radical (unpaired) electrons. The van der Waals surface area contributed by atoms with Gasteiger partial charge in [0, 0.05) is 17.3 Å². The van der Waals surface area contributed by atoms with E-state index in [2.05, 4.69) is 20.8 Å². The fourth-order valence-electron chi connectivity index (χ4n) is 1.88. The quantitative estimate of drug-likeness (QED) is 0.779. The molecule has 0 amide bonds. The van der Waals surface area contributed by atoms with Gasteiger partial charge in [-0.2, -0.15) is 0 Å². The van der Waals surface area contributed by atoms with Crippen LogP contribution in [0, 0.1) is 6.92 Å². The lowest BCUT2D eigenvalue weighted by Crippen LogP contribution is -1.97. The maximum absolute atomic E-state index is 5.81. The zero-order valence-corrected chi connectivity index (χ0v) is 9.22. The minimum absolute atomic E-state index is 0.600. The fourth-order valence-corrected chi connectivity index (χ4v) is 1.88. The second-order valence-corrected chi connectivity index (χ2v) is 4.36. The molecule has 4 nitrogen and oxygen atoms in total. The van der Waals surface area contributed by atoms with Crippen molar-refractivity contribution in [3.63, 3.8) is 0 Å². The number of aromatic nitrogens is 3. The van der Waals surface area contributed by atoms with Gasteiger partial charge in [-0.3, -0.25) is 0 Å². The Morgan fingerprint density at radius 1 is 1.38 bits per heavy atom. The summed E-state index contributed by atoms with van der Waals surface area (Å²) >= 11 is 0. The van der Waals surface area contributed by atoms with E-state index in [1.807, 2.05) is 25.4 Å². The molecule has 0 aliphatic heterocycles. The highest BCUT2D eigenvalue weighted by Crippen LogP contribution is 2.37. The van der Waals surface area contributed by atoms with Crippen molar-refractivity contribution in [2.75, 3.05) is 5.73 Å². The lowest BCUT2D eigenvalue weighted by atomic mass is 10.1. The number of nitrogens with two attached hydrogens (primary N) is 1. The number of rotatable bonds is 2. The van der Waals surface area contributed by atoms with Gasteiger partial charge in [0.2, 0.25) is 0 Å². The third-order valence-electron chi connectivity index (χ3n) is 3.04. The Morgan fingerprint density at radius 2 is 2.19 bits per heavy atom. The van der Waals surface area contributed by atoms with Crippen LogP contribution in [0.3, 0.4) is 0 Å². The molecule has 1 heterocycles. The van der Waals surface area contributed by atoms with E-state index in [0.717, 1.165) is 22.6 Å². The summed E-state index contributed by atoms with van der Waals surface area (Å²) in [6.45, 7) is 2.01. The van der Waals surface area contributed by atoms with Crippen molar-refractivity contribution in [2.45, 2.75) is 25.8 Å². The molecule has 1 saturated carbocycles. The van der Waals surface area contributed by atoms with Gasteiger partial charge in [0.1, 0.15) is 6.33 Å². The van der Waals surface area contributed by atoms with Crippen molar-refractivity contribution in [1.29, 1.82) is 0 Å². The van der Waals surface area contributed by atoms with E-state index in [0.29, 0.717) is 6.04 Å². The van der Waals surface area contributed by atoms with E-state index < -0.39 is 0 Å². The highest BCUT2D eigenvalue weighted by Gasteiger charge is 2.26. The average molecular weight is 214 g/mol. The number of nitrogens with zero attached hydrogens (tertiary/aromatic N) is 3. The fraction of sp³-hybridized carbons (Fsp3) is 0.333. The maximum atomic E-state index is 5.81. The van der Waals surface area contributed by atoms with Crippen molar-refractivity contribution < 1.29 is 0 Å². The van der Waals surface area contributed by atoms with Crippen molar-refractivity contribution in [3.05, 3.63) is 30.1 Å². The van der Waals surface area contributed by atoms with E-state index in [1.54, 1.807) is 0 Å². The third kappa shape index (κ3) is 1.46. The Morgan fingerprint density at radius 3 is 2.88 bits per heavy atom. The molecule has 0 atom stereocenters. The van der Waals surface area contributed by atoms with Crippen LogP contribution in [0.1, 0.15) is 24.4 Å². The first-order chi connectivity index (χ1) is 7.75. The first-order valence-corrected chi connectivity index (χ1v) is 5.52. The Balaban J connectivity index is 2.07. The van der Waals surface area contributed by atoms with Crippen LogP contribution in [-0.4, -0.2) is 14.8 Å². The van der Waals surface area contributed by atoms with Gasteiger partial charge in [0.05, 0.1) is 0 Å². The smallest absolute Gasteiger partial charge is 0.164 e. The minimum atomic E-state index is 0.600. The summed E-state index contributed by atoms with van der Waals surface area (Å²) in [7, 11) is 0. The first-order valence-electron chi connectivity index (χ1n) is 5.52. The standard InChI is InChI=1S/C12H14N4/c1-8-6-9(2-5-11(8)13)12-15-14-7-16(12)10-3-4-10/h2,5-7,10H,3-4,13H2,1H3. The van der Waals surface area contributed by atoms with E-state index in [9.17, 15) is 0 Å². The Labute approximate surface area is 94.1 Å². The Bertz CT molecular complexity index is 526. The summed E-state index contributed by atoms with van der Waals surface area (Å²) in [6.07, 6.45) is 4.29. The molecule has 2 N–H and O–H groups in total. The average Bonchev–Trinajstić information content (AvgIpc) is 3.01. The first kappa shape index (κ1) is 9.39. The van der Waals surface area contributed by atoms with E-state index in [4.69, 9.17) is 5.73 Å². The van der Waals surface area contributed by atoms with Crippen LogP contribution >= 0.6 is 0 Å². The summed E-state index contributed by atoms with van der Waals surface area (Å²) in [5.41, 5.74) is 8.81. The number of benzene rings is 1. The van der Waals surface area contributed by atoms with E-state index >= 15 is 0 Å². The van der Waals surface area contributed by atoms with Crippen LogP contribution in [0.2, 0.25) is 0 Å². The molecule has 0 bridgehead atoms. The van der Waals surface area contributed by atoms with Crippen molar-refractivity contribution in [2.24, 2.45) is 0 Å². The van der Waals surface area contributed by atoms with E-state index in [1.165, 1.54) is 12.8 Å². The lowest BCUT2D eigenvalue weighted by Gasteiger charge is -2.06. The van der Waals surface area contributed by atoms with Crippen LogP contribution in [0.4, 0.5) is 5.69 Å². The molecule has 1 fully saturated rings. The number of nitrogen functional groups attached to an aromatic ring is 1. The van der Waals surface area contributed by atoms with Gasteiger partial charge in [0.25, 0.3) is 0 Å². The van der Waals surface area contributed by atoms with Gasteiger partial charge in [-0.05, 0) is 43.5 Å². The van der Waals surface area contributed by atoms with Gasteiger partial charge in [-0.15, -0.1) is 10.2 Å². The van der Waals surface area contributed by atoms with Crippen LogP contribution in [-0.2, 0) is 0 Å². The predicted molar refractivity (Wildman–Crippen MR) is 62.9 cm³/mol. The highest BCUT2D eigenvalue weighted by atomic mass is 15.3. The van der Waals surface area contributed by atoms with Crippen molar-refractivity contribution in [3.8, 4) is 11.4 Å². The minimum Gasteiger partial charge on any atom is -0.399 e. The molecule has 1 aromatic heterocycles. The van der Waals surface area contributed by atoms with E-state index in [-0.39, 0.29) is 0 Å². The monoisotopic (exact) mass is 214 g/mol. The number of hydrogen-bond acceptors (Lipinski definition) is 3. The van der Waals surface area contributed by atoms with Gasteiger partial charge in [-0.25, -0.2) is 0 Å². The molecule has 1 aromatic carbocycles. The zero-order chi connectivity index (χ0) is 11.1. The summed E-state index contributed by atoms with van der Waals surface area (Å²) in [5.74, 6) is 0.950. The molecule has 0 spiro atoms. The van der Waals surface area contributed by atoms with Crippen LogP contribution in [0.15, 0.2) is 24.5 Å². The lowest BCUT2D eigenvalue weighted by molar-refractivity contribution is 0.746. The predicted octanol–water partition coefficient (Wildman–Crippen LogP) is 2.17. The maximum Gasteiger partial charge on any atom is 0.164 e. The summed E-state index contributed by atoms with van der Waals surface area (Å²) < 4.78 is 2.16. The zero-order valence-electron chi connectivity index (χ0n) is 9.22. The summed E-state index contributed by atoms with van der Waals surface area (Å²) in [4.78, 5) is 0. The molecule has 1 aliphatic rings. The van der Waals surface area contributed by atoms with Crippen LogP contribution in [0.25, 0.3) is 11.4 Å². The van der Waals surface area contributed by atoms with Crippen LogP contribution in [0.5, 0.6) is 0 Å². The highest BCUT2D eigenvalue weighted by molar-refractivity contribution is 5.62. The molecule has 0 unspecified atom stereocenters. The second-order valence-electron chi connectivity index (χ2n) is 4.36. The summed E-state index contributed by atoms with van der Waals surface area (Å²) in [6, 6.07) is 6.60. The van der Waals surface area contributed by atoms with Crippen molar-refractivity contribution >= 4 is 5.69 Å². The molecule has 3 rings (SSSR count). The topological polar surface area (TPSA) is 56.7 Å². The van der Waals surface area contributed by atoms with Gasteiger partial charge < -0.3 is 10.3 Å². The van der Waals surface area contributed by atoms with Crippen molar-refractivity contribution in [1.82, 2.24) is 14.8 Å². The SMILES string of the molecule is Cc1cc(-c2nncn2C2CC2)ccc1N. The van der Waals surface area contributed by atoms with Gasteiger partial charge >= 0.3 is 0 Å². The largest absolute Gasteiger partial charge is 0.399 e. The molecule has 0 saturated heterocycles. The van der Waals surface area contributed by atoms with Gasteiger partial charge in [0.15, 0.2) is 5.82 Å². The molecule has 2 aromatic rings. The molecular weight excluding hydrogens is 200 g/mol. The third-order valence-corrected chi connectivity index (χ3v) is 3.04.